The molecule has 4 N–H and O–H groups in total. The third-order valence-electron chi connectivity index (χ3n) is 3.15. The molecule has 0 aliphatic heterocycles. The zero-order valence-corrected chi connectivity index (χ0v) is 11.1. The van der Waals surface area contributed by atoms with Crippen molar-refractivity contribution in [3.8, 4) is 0 Å². The first kappa shape index (κ1) is 14.6. The molecular weight excluding hydrogens is 273 g/mol. The van der Waals surface area contributed by atoms with Crippen LogP contribution in [0.25, 0.3) is 5.76 Å². The maximum Gasteiger partial charge on any atom is 0.335 e. The van der Waals surface area contributed by atoms with E-state index < -0.39 is 11.8 Å². The molecule has 0 heterocycles. The molecule has 108 valence electrons. The predicted molar refractivity (Wildman–Crippen MR) is 78.7 cm³/mol. The summed E-state index contributed by atoms with van der Waals surface area (Å²) in [5.41, 5.74) is 7.81. The van der Waals surface area contributed by atoms with Crippen LogP contribution in [0.4, 0.5) is 10.1 Å². The summed E-state index contributed by atoms with van der Waals surface area (Å²) < 4.78 is 13.4. The lowest BCUT2D eigenvalue weighted by molar-refractivity contribution is 0.0697. The number of carbonyl (C=O) groups is 1. The van der Waals surface area contributed by atoms with Gasteiger partial charge in [-0.15, -0.1) is 0 Å². The summed E-state index contributed by atoms with van der Waals surface area (Å²) in [5, 5.41) is 18.4. The fourth-order valence-electron chi connectivity index (χ4n) is 2.08. The molecule has 2 rings (SSSR count). The summed E-state index contributed by atoms with van der Waals surface area (Å²) in [6, 6.07) is 8.33. The molecule has 0 radical (unpaired) electrons. The van der Waals surface area contributed by atoms with Crippen LogP contribution in [-0.4, -0.2) is 16.2 Å². The van der Waals surface area contributed by atoms with Crippen LogP contribution in [0, 0.1) is 5.82 Å². The van der Waals surface area contributed by atoms with Crippen LogP contribution in [-0.2, 0) is 6.42 Å². The van der Waals surface area contributed by atoms with Crippen molar-refractivity contribution in [1.29, 1.82) is 0 Å². The zero-order valence-electron chi connectivity index (χ0n) is 11.1. The molecule has 0 fully saturated rings. The van der Waals surface area contributed by atoms with Crippen molar-refractivity contribution in [2.24, 2.45) is 0 Å². The van der Waals surface area contributed by atoms with E-state index in [-0.39, 0.29) is 17.7 Å². The molecule has 0 saturated carbocycles. The van der Waals surface area contributed by atoms with E-state index in [1.54, 1.807) is 6.07 Å². The standard InChI is InChI=1S/C16H14FNO3/c1-9(19)14-5-4-13(17)7-12(14)6-10-2-3-11(16(20)21)8-15(10)18/h2-5,7-8,19H,1,6,18H2,(H,20,21). The number of anilines is 1. The second kappa shape index (κ2) is 5.66. The molecule has 0 bridgehead atoms. The highest BCUT2D eigenvalue weighted by Crippen LogP contribution is 2.24. The van der Waals surface area contributed by atoms with E-state index >= 15 is 0 Å². The first-order valence-corrected chi connectivity index (χ1v) is 6.17. The molecule has 0 unspecified atom stereocenters. The molecule has 5 heteroatoms. The minimum absolute atomic E-state index is 0.0854. The lowest BCUT2D eigenvalue weighted by Crippen LogP contribution is -2.03. The highest BCUT2D eigenvalue weighted by Gasteiger charge is 2.11. The minimum atomic E-state index is -1.07. The van der Waals surface area contributed by atoms with Crippen molar-refractivity contribution in [2.45, 2.75) is 6.42 Å². The number of benzene rings is 2. The van der Waals surface area contributed by atoms with Crippen molar-refractivity contribution in [3.63, 3.8) is 0 Å². The Morgan fingerprint density at radius 2 is 1.86 bits per heavy atom. The average Bonchev–Trinajstić information content (AvgIpc) is 2.40. The third kappa shape index (κ3) is 3.20. The van der Waals surface area contributed by atoms with Gasteiger partial charge in [-0.05, 0) is 41.5 Å². The smallest absolute Gasteiger partial charge is 0.335 e. The molecule has 2 aromatic rings. The molecule has 0 spiro atoms. The Morgan fingerprint density at radius 1 is 1.14 bits per heavy atom. The van der Waals surface area contributed by atoms with Crippen molar-refractivity contribution in [1.82, 2.24) is 0 Å². The van der Waals surface area contributed by atoms with E-state index in [1.165, 1.54) is 30.3 Å². The Hall–Kier alpha value is -2.82. The number of hydrogen-bond donors (Lipinski definition) is 3. The maximum atomic E-state index is 13.4. The summed E-state index contributed by atoms with van der Waals surface area (Å²) in [6.07, 6.45) is 0.262. The van der Waals surface area contributed by atoms with Gasteiger partial charge in [0.2, 0.25) is 0 Å². The monoisotopic (exact) mass is 287 g/mol. The van der Waals surface area contributed by atoms with E-state index in [2.05, 4.69) is 6.58 Å². The van der Waals surface area contributed by atoms with Crippen molar-refractivity contribution in [2.75, 3.05) is 5.73 Å². The minimum Gasteiger partial charge on any atom is -0.508 e. The van der Waals surface area contributed by atoms with E-state index in [4.69, 9.17) is 10.8 Å². The number of halogens is 1. The summed E-state index contributed by atoms with van der Waals surface area (Å²) in [7, 11) is 0. The van der Waals surface area contributed by atoms with E-state index in [0.29, 0.717) is 22.4 Å². The zero-order chi connectivity index (χ0) is 15.6. The molecule has 0 saturated heterocycles. The third-order valence-corrected chi connectivity index (χ3v) is 3.15. The Balaban J connectivity index is 2.40. The largest absolute Gasteiger partial charge is 0.508 e. The molecule has 0 aliphatic rings. The van der Waals surface area contributed by atoms with E-state index in [9.17, 15) is 14.3 Å². The summed E-state index contributed by atoms with van der Waals surface area (Å²) in [4.78, 5) is 10.9. The molecular formula is C16H14FNO3. The van der Waals surface area contributed by atoms with Gasteiger partial charge in [0.1, 0.15) is 11.6 Å². The summed E-state index contributed by atoms with van der Waals surface area (Å²) >= 11 is 0. The predicted octanol–water partition coefficient (Wildman–Crippen LogP) is 3.23. The second-order valence-electron chi connectivity index (χ2n) is 4.64. The highest BCUT2D eigenvalue weighted by atomic mass is 19.1. The Bertz CT molecular complexity index is 725. The number of hydrogen-bond acceptors (Lipinski definition) is 3. The normalized spacial score (nSPS) is 10.3. The van der Waals surface area contributed by atoms with Gasteiger partial charge in [-0.25, -0.2) is 9.18 Å². The van der Waals surface area contributed by atoms with Crippen molar-refractivity contribution in [3.05, 3.63) is 71.0 Å². The topological polar surface area (TPSA) is 83.5 Å². The first-order valence-electron chi connectivity index (χ1n) is 6.17. The van der Waals surface area contributed by atoms with Gasteiger partial charge >= 0.3 is 5.97 Å². The van der Waals surface area contributed by atoms with Gasteiger partial charge in [0, 0.05) is 17.7 Å². The Labute approximate surface area is 121 Å². The number of carboxylic acid groups (broad SMARTS) is 1. The first-order chi connectivity index (χ1) is 9.88. The van der Waals surface area contributed by atoms with Crippen LogP contribution in [0.15, 0.2) is 43.0 Å². The number of aliphatic hydroxyl groups excluding tert-OH is 1. The molecule has 0 aliphatic carbocycles. The van der Waals surface area contributed by atoms with E-state index in [1.807, 2.05) is 0 Å². The molecule has 0 atom stereocenters. The number of rotatable bonds is 4. The van der Waals surface area contributed by atoms with Crippen LogP contribution >= 0.6 is 0 Å². The molecule has 0 amide bonds. The molecule has 2 aromatic carbocycles. The van der Waals surface area contributed by atoms with Gasteiger partial charge in [-0.2, -0.15) is 0 Å². The van der Waals surface area contributed by atoms with Crippen molar-refractivity contribution < 1.29 is 19.4 Å². The average molecular weight is 287 g/mol. The van der Waals surface area contributed by atoms with Crippen LogP contribution in [0.1, 0.15) is 27.0 Å². The Morgan fingerprint density at radius 3 is 2.43 bits per heavy atom. The number of nitrogens with two attached hydrogens (primary N) is 1. The van der Waals surface area contributed by atoms with Gasteiger partial charge < -0.3 is 15.9 Å². The van der Waals surface area contributed by atoms with Gasteiger partial charge in [-0.3, -0.25) is 0 Å². The van der Waals surface area contributed by atoms with Crippen LogP contribution < -0.4 is 5.73 Å². The lowest BCUT2D eigenvalue weighted by atomic mass is 9.97. The van der Waals surface area contributed by atoms with Gasteiger partial charge in [0.05, 0.1) is 5.56 Å². The summed E-state index contributed by atoms with van der Waals surface area (Å²) in [5.74, 6) is -1.66. The fraction of sp³-hybridized carbons (Fsp3) is 0.0625. The fourth-order valence-corrected chi connectivity index (χ4v) is 2.08. The van der Waals surface area contributed by atoms with Crippen LogP contribution in [0.2, 0.25) is 0 Å². The van der Waals surface area contributed by atoms with E-state index in [0.717, 1.165) is 0 Å². The van der Waals surface area contributed by atoms with Crippen LogP contribution in [0.3, 0.4) is 0 Å². The van der Waals surface area contributed by atoms with Gasteiger partial charge in [0.15, 0.2) is 0 Å². The molecule has 4 nitrogen and oxygen atoms in total. The number of aromatic carboxylic acids is 1. The van der Waals surface area contributed by atoms with Crippen molar-refractivity contribution >= 4 is 17.4 Å². The second-order valence-corrected chi connectivity index (χ2v) is 4.64. The quantitative estimate of drug-likeness (QED) is 0.595. The van der Waals surface area contributed by atoms with Gasteiger partial charge in [-0.1, -0.05) is 12.6 Å². The summed E-state index contributed by atoms with van der Waals surface area (Å²) in [6.45, 7) is 3.44. The molecule has 0 aromatic heterocycles. The molecule has 21 heavy (non-hydrogen) atoms. The van der Waals surface area contributed by atoms with Crippen LogP contribution in [0.5, 0.6) is 0 Å². The van der Waals surface area contributed by atoms with Gasteiger partial charge in [0.25, 0.3) is 0 Å². The lowest BCUT2D eigenvalue weighted by Gasteiger charge is -2.11. The number of nitrogen functional groups attached to an aromatic ring is 1. The number of carboxylic acids is 1. The Kier molecular flexibility index (Phi) is 3.93. The maximum absolute atomic E-state index is 13.4. The SMILES string of the molecule is C=C(O)c1ccc(F)cc1Cc1ccc(C(=O)O)cc1N. The highest BCUT2D eigenvalue weighted by molar-refractivity contribution is 5.89. The number of aliphatic hydroxyl groups is 1.